The van der Waals surface area contributed by atoms with Crippen LogP contribution in [-0.4, -0.2) is 105 Å². The molecular formula is C35H42Br3N15O5. The maximum absolute atomic E-state index is 13.8. The first kappa shape index (κ1) is 45.1. The number of rotatable bonds is 17. The quantitative estimate of drug-likeness (QED) is 0.0344. The second-order valence-corrected chi connectivity index (χ2v) is 14.1. The average Bonchev–Trinajstić information content (AvgIpc) is 3.93. The van der Waals surface area contributed by atoms with Gasteiger partial charge in [0, 0.05) is 94.9 Å². The summed E-state index contributed by atoms with van der Waals surface area (Å²) >= 11 is 6.92. The van der Waals surface area contributed by atoms with Gasteiger partial charge in [0.2, 0.25) is 0 Å². The molecule has 7 N–H and O–H groups in total. The van der Waals surface area contributed by atoms with E-state index in [0.717, 1.165) is 0 Å². The van der Waals surface area contributed by atoms with Gasteiger partial charge >= 0.3 is 0 Å². The number of anilines is 4. The van der Waals surface area contributed by atoms with Gasteiger partial charge in [-0.3, -0.25) is 43.4 Å². The Hall–Kier alpha value is -5.65. The Labute approximate surface area is 360 Å². The Balaban J connectivity index is 0.00000744. The third-order valence-electron chi connectivity index (χ3n) is 8.38. The van der Waals surface area contributed by atoms with Crippen LogP contribution in [0.4, 0.5) is 23.1 Å². The van der Waals surface area contributed by atoms with Crippen LogP contribution >= 0.6 is 48.8 Å². The van der Waals surface area contributed by atoms with Gasteiger partial charge in [-0.05, 0) is 18.2 Å². The van der Waals surface area contributed by atoms with Gasteiger partial charge in [-0.2, -0.15) is 15.3 Å². The largest absolute Gasteiger partial charge is 0.388 e. The van der Waals surface area contributed by atoms with E-state index in [2.05, 4.69) is 68.4 Å². The molecular weight excluding hydrogens is 950 g/mol. The molecule has 1 aromatic carbocycles. The molecule has 0 saturated carbocycles. The lowest BCUT2D eigenvalue weighted by atomic mass is 10.2. The highest BCUT2D eigenvalue weighted by Crippen LogP contribution is 2.23. The second kappa shape index (κ2) is 20.2. The van der Waals surface area contributed by atoms with E-state index < -0.39 is 23.6 Å². The fraction of sp³-hybridized carbons (Fsp3) is 0.286. The van der Waals surface area contributed by atoms with Crippen molar-refractivity contribution in [2.24, 2.45) is 33.9 Å². The molecule has 0 unspecified atom stereocenters. The molecule has 308 valence electrons. The highest BCUT2D eigenvalue weighted by Gasteiger charge is 2.29. The summed E-state index contributed by atoms with van der Waals surface area (Å²) in [4.78, 5) is 66.3. The highest BCUT2D eigenvalue weighted by atomic mass is 79.9. The molecule has 5 amide bonds. The standard InChI is InChI=1S/C35H41Br2N15O5.BrH/c1-47-20-22(41-33(55)26-19-30(46-50(26)4)52(51(14-11-36)15-12-37)35(57)21-8-6-5-7-9-21)16-23(47)32(54)42-29-18-25(49(3)45-29)34(56)43-28-17-24(48(2)44-28)31(53)40-13-10-27(38)39;/h5-9,16-20H,10-15H2,1-4H3,(H3,38,39)(H,40,53)(H,41,55)(H,42,45,54)(H,43,44,56);1H. The lowest BCUT2D eigenvalue weighted by molar-refractivity contribution is 0.0900. The summed E-state index contributed by atoms with van der Waals surface area (Å²) < 4.78 is 5.47. The zero-order chi connectivity index (χ0) is 41.4. The van der Waals surface area contributed by atoms with E-state index in [4.69, 9.17) is 11.1 Å². The molecule has 0 bridgehead atoms. The van der Waals surface area contributed by atoms with E-state index in [1.165, 1.54) is 54.9 Å². The molecule has 58 heavy (non-hydrogen) atoms. The number of amidine groups is 1. The number of benzene rings is 1. The summed E-state index contributed by atoms with van der Waals surface area (Å²) in [5, 5.41) is 35.4. The van der Waals surface area contributed by atoms with Crippen LogP contribution in [0.1, 0.15) is 58.7 Å². The number of aromatic nitrogens is 7. The summed E-state index contributed by atoms with van der Waals surface area (Å²) in [5.41, 5.74) is 6.70. The van der Waals surface area contributed by atoms with E-state index in [1.807, 2.05) is 11.1 Å². The van der Waals surface area contributed by atoms with E-state index in [1.54, 1.807) is 51.6 Å². The number of carbonyl (C=O) groups excluding carboxylic acids is 5. The Morgan fingerprint density at radius 1 is 0.724 bits per heavy atom. The van der Waals surface area contributed by atoms with Crippen molar-refractivity contribution in [3.63, 3.8) is 0 Å². The van der Waals surface area contributed by atoms with E-state index >= 15 is 0 Å². The second-order valence-electron chi connectivity index (χ2n) is 12.5. The van der Waals surface area contributed by atoms with Crippen molar-refractivity contribution in [1.82, 2.24) is 44.2 Å². The number of hydrazine groups is 1. The summed E-state index contributed by atoms with van der Waals surface area (Å²) in [5.74, 6) is -2.07. The third-order valence-corrected chi connectivity index (χ3v) is 9.09. The number of nitrogens with zero attached hydrogens (tertiary/aromatic N) is 9. The van der Waals surface area contributed by atoms with E-state index in [-0.39, 0.29) is 81.9 Å². The Kier molecular flexibility index (Phi) is 15.7. The van der Waals surface area contributed by atoms with Crippen LogP contribution in [0.25, 0.3) is 0 Å². The maximum atomic E-state index is 13.8. The smallest absolute Gasteiger partial charge is 0.275 e. The lowest BCUT2D eigenvalue weighted by Gasteiger charge is -2.32. The summed E-state index contributed by atoms with van der Waals surface area (Å²) in [6.45, 7) is 1.15. The monoisotopic (exact) mass is 989 g/mol. The number of nitrogens with one attached hydrogen (secondary N) is 5. The van der Waals surface area contributed by atoms with Crippen LogP contribution in [0, 0.1) is 5.41 Å². The van der Waals surface area contributed by atoms with Gasteiger partial charge < -0.3 is 31.6 Å². The van der Waals surface area contributed by atoms with Crippen LogP contribution in [0.15, 0.2) is 60.8 Å². The molecule has 0 saturated heterocycles. The van der Waals surface area contributed by atoms with Gasteiger partial charge in [-0.15, -0.1) is 17.0 Å². The van der Waals surface area contributed by atoms with Crippen molar-refractivity contribution in [2.75, 3.05) is 51.3 Å². The van der Waals surface area contributed by atoms with E-state index in [9.17, 15) is 24.0 Å². The molecule has 0 spiro atoms. The number of aryl methyl sites for hydroxylation is 4. The number of amides is 5. The zero-order valence-electron chi connectivity index (χ0n) is 31.8. The van der Waals surface area contributed by atoms with Crippen molar-refractivity contribution in [3.8, 4) is 0 Å². The van der Waals surface area contributed by atoms with Crippen LogP contribution in [-0.2, 0) is 28.2 Å². The Morgan fingerprint density at radius 2 is 1.24 bits per heavy atom. The number of nitrogens with two attached hydrogens (primary N) is 1. The molecule has 0 aliphatic heterocycles. The topological polar surface area (TPSA) is 248 Å². The molecule has 5 rings (SSSR count). The zero-order valence-corrected chi connectivity index (χ0v) is 36.7. The van der Waals surface area contributed by atoms with Gasteiger partial charge in [-0.25, -0.2) is 10.0 Å². The number of hydrogen-bond acceptors (Lipinski definition) is 10. The molecule has 0 fully saturated rings. The van der Waals surface area contributed by atoms with Crippen molar-refractivity contribution >= 4 is 107 Å². The third kappa shape index (κ3) is 10.8. The molecule has 0 aliphatic carbocycles. The summed E-state index contributed by atoms with van der Waals surface area (Å²) in [6.07, 6.45) is 1.75. The molecule has 5 aromatic rings. The molecule has 20 nitrogen and oxygen atoms in total. The van der Waals surface area contributed by atoms with Gasteiger partial charge in [0.1, 0.15) is 22.8 Å². The van der Waals surface area contributed by atoms with E-state index in [0.29, 0.717) is 35.0 Å². The minimum absolute atomic E-state index is 0. The fourth-order valence-electron chi connectivity index (χ4n) is 5.65. The van der Waals surface area contributed by atoms with Crippen molar-refractivity contribution < 1.29 is 24.0 Å². The van der Waals surface area contributed by atoms with Crippen molar-refractivity contribution in [3.05, 3.63) is 89.1 Å². The first-order chi connectivity index (χ1) is 27.2. The van der Waals surface area contributed by atoms with Crippen LogP contribution in [0.2, 0.25) is 0 Å². The minimum atomic E-state index is -0.596. The lowest BCUT2D eigenvalue weighted by Crippen LogP contribution is -2.49. The fourth-order valence-corrected chi connectivity index (χ4v) is 6.47. The molecule has 4 aromatic heterocycles. The molecule has 4 heterocycles. The number of hydrogen-bond donors (Lipinski definition) is 6. The number of alkyl halides is 2. The SMILES string of the molecule is Br.Cn1cc(NC(=O)c2cc(N(C(=O)c3ccccc3)N(CCBr)CCBr)nn2C)cc1C(=O)Nc1cc(C(=O)Nc2cc(C(=O)NCCC(=N)N)n(C)n2)n(C)n1. The highest BCUT2D eigenvalue weighted by molar-refractivity contribution is 9.09. The van der Waals surface area contributed by atoms with Crippen LogP contribution in [0.3, 0.4) is 0 Å². The minimum Gasteiger partial charge on any atom is -0.388 e. The Morgan fingerprint density at radius 3 is 1.81 bits per heavy atom. The normalized spacial score (nSPS) is 10.8. The summed E-state index contributed by atoms with van der Waals surface area (Å²) in [7, 11) is 6.29. The Bertz CT molecular complexity index is 2290. The van der Waals surface area contributed by atoms with Gasteiger partial charge in [0.05, 0.1) is 11.5 Å². The number of halogens is 3. The summed E-state index contributed by atoms with van der Waals surface area (Å²) in [6, 6.07) is 14.6. The predicted octanol–water partition coefficient (Wildman–Crippen LogP) is 3.27. The van der Waals surface area contributed by atoms with Gasteiger partial charge in [-0.1, -0.05) is 50.1 Å². The molecule has 0 radical (unpaired) electrons. The van der Waals surface area contributed by atoms with Gasteiger partial charge in [0.25, 0.3) is 29.5 Å². The molecule has 23 heteroatoms. The van der Waals surface area contributed by atoms with Crippen molar-refractivity contribution in [2.45, 2.75) is 6.42 Å². The average molecular weight is 993 g/mol. The first-order valence-corrected chi connectivity index (χ1v) is 19.5. The number of carbonyl (C=O) groups is 5. The molecule has 0 atom stereocenters. The predicted molar refractivity (Wildman–Crippen MR) is 230 cm³/mol. The van der Waals surface area contributed by atoms with Gasteiger partial charge in [0.15, 0.2) is 17.5 Å². The van der Waals surface area contributed by atoms with Crippen molar-refractivity contribution in [1.29, 1.82) is 5.41 Å². The van der Waals surface area contributed by atoms with Crippen LogP contribution in [0.5, 0.6) is 0 Å². The first-order valence-electron chi connectivity index (χ1n) is 17.3. The van der Waals surface area contributed by atoms with Crippen LogP contribution < -0.4 is 32.0 Å². The molecule has 0 aliphatic rings. The maximum Gasteiger partial charge on any atom is 0.275 e.